The average molecular weight is 268 g/mol. The number of aromatic amines is 1. The summed E-state index contributed by atoms with van der Waals surface area (Å²) in [6, 6.07) is 11.5. The molecule has 4 nitrogen and oxygen atoms in total. The highest BCUT2D eigenvalue weighted by Gasteiger charge is 2.22. The fourth-order valence-electron chi connectivity index (χ4n) is 2.70. The number of hydrogen-bond donors (Lipinski definition) is 1. The number of hydrogen-bond acceptors (Lipinski definition) is 2. The molecule has 1 aliphatic heterocycles. The van der Waals surface area contributed by atoms with Crippen molar-refractivity contribution in [2.75, 3.05) is 6.54 Å². The van der Waals surface area contributed by atoms with E-state index in [4.69, 9.17) is 0 Å². The number of carbonyl (C=O) groups is 1. The van der Waals surface area contributed by atoms with Crippen molar-refractivity contribution in [3.8, 4) is 11.1 Å². The van der Waals surface area contributed by atoms with E-state index in [-0.39, 0.29) is 11.5 Å². The van der Waals surface area contributed by atoms with Gasteiger partial charge in [-0.1, -0.05) is 30.3 Å². The maximum absolute atomic E-state index is 11.8. The lowest BCUT2D eigenvalue weighted by Crippen LogP contribution is -2.36. The van der Waals surface area contributed by atoms with Gasteiger partial charge in [0.15, 0.2) is 0 Å². The third kappa shape index (κ3) is 2.25. The summed E-state index contributed by atoms with van der Waals surface area (Å²) in [6.07, 6.45) is 0.699. The largest absolute Gasteiger partial charge is 0.338 e. The molecule has 2 heterocycles. The minimum atomic E-state index is -0.0844. The van der Waals surface area contributed by atoms with E-state index < -0.39 is 0 Å². The molecule has 0 bridgehead atoms. The molecule has 0 saturated carbocycles. The Morgan fingerprint density at radius 3 is 2.70 bits per heavy atom. The first-order chi connectivity index (χ1) is 9.65. The third-order valence-corrected chi connectivity index (χ3v) is 3.75. The number of amides is 1. The molecule has 0 saturated heterocycles. The Morgan fingerprint density at radius 2 is 2.00 bits per heavy atom. The number of nitrogens with one attached hydrogen (secondary N) is 1. The number of pyridine rings is 1. The van der Waals surface area contributed by atoms with Gasteiger partial charge in [-0.15, -0.1) is 0 Å². The summed E-state index contributed by atoms with van der Waals surface area (Å²) in [5, 5.41) is 0. The summed E-state index contributed by atoms with van der Waals surface area (Å²) >= 11 is 0. The topological polar surface area (TPSA) is 53.2 Å². The molecule has 0 radical (unpaired) electrons. The van der Waals surface area contributed by atoms with Crippen LogP contribution in [0.5, 0.6) is 0 Å². The van der Waals surface area contributed by atoms with Crippen LogP contribution in [0.25, 0.3) is 11.1 Å². The van der Waals surface area contributed by atoms with Gasteiger partial charge in [-0.3, -0.25) is 9.59 Å². The molecular formula is C16H16N2O2. The van der Waals surface area contributed by atoms with Crippen LogP contribution < -0.4 is 5.56 Å². The molecule has 1 aliphatic rings. The van der Waals surface area contributed by atoms with Crippen molar-refractivity contribution in [3.05, 3.63) is 58.0 Å². The second kappa shape index (κ2) is 4.96. The molecule has 0 unspecified atom stereocenters. The SMILES string of the molecule is CC(=O)N1CCc2[nH]c(=O)cc(-c3ccccc3)c2C1. The van der Waals surface area contributed by atoms with Gasteiger partial charge in [0.25, 0.3) is 0 Å². The van der Waals surface area contributed by atoms with Crippen molar-refractivity contribution in [2.45, 2.75) is 19.9 Å². The van der Waals surface area contributed by atoms with E-state index >= 15 is 0 Å². The zero-order valence-electron chi connectivity index (χ0n) is 11.3. The maximum atomic E-state index is 11.8. The quantitative estimate of drug-likeness (QED) is 0.859. The van der Waals surface area contributed by atoms with Crippen LogP contribution in [0.1, 0.15) is 18.2 Å². The fraction of sp³-hybridized carbons (Fsp3) is 0.250. The van der Waals surface area contributed by atoms with Crippen LogP contribution in [0, 0.1) is 0 Å². The van der Waals surface area contributed by atoms with Gasteiger partial charge in [0, 0.05) is 38.2 Å². The van der Waals surface area contributed by atoms with Crippen LogP contribution in [-0.2, 0) is 17.8 Å². The molecule has 0 atom stereocenters. The van der Waals surface area contributed by atoms with Crippen LogP contribution in [0.2, 0.25) is 0 Å². The van der Waals surface area contributed by atoms with Crippen LogP contribution in [0.15, 0.2) is 41.2 Å². The highest BCUT2D eigenvalue weighted by atomic mass is 16.2. The van der Waals surface area contributed by atoms with Gasteiger partial charge in [0.05, 0.1) is 0 Å². The number of benzene rings is 1. The van der Waals surface area contributed by atoms with Crippen molar-refractivity contribution in [1.29, 1.82) is 0 Å². The predicted octanol–water partition coefficient (Wildman–Crippen LogP) is 1.95. The molecular weight excluding hydrogens is 252 g/mol. The lowest BCUT2D eigenvalue weighted by molar-refractivity contribution is -0.129. The highest BCUT2D eigenvalue weighted by Crippen LogP contribution is 2.27. The molecule has 102 valence electrons. The number of fused-ring (bicyclic) bond motifs is 1. The number of rotatable bonds is 1. The lowest BCUT2D eigenvalue weighted by Gasteiger charge is -2.29. The fourth-order valence-corrected chi connectivity index (χ4v) is 2.70. The van der Waals surface area contributed by atoms with E-state index in [9.17, 15) is 9.59 Å². The molecule has 1 aromatic heterocycles. The summed E-state index contributed by atoms with van der Waals surface area (Å²) in [5.74, 6) is 0.0702. The Balaban J connectivity index is 2.14. The van der Waals surface area contributed by atoms with Crippen molar-refractivity contribution >= 4 is 5.91 Å². The number of H-pyrrole nitrogens is 1. The minimum Gasteiger partial charge on any atom is -0.338 e. The molecule has 3 rings (SSSR count). The van der Waals surface area contributed by atoms with E-state index in [1.165, 1.54) is 0 Å². The highest BCUT2D eigenvalue weighted by molar-refractivity contribution is 5.75. The van der Waals surface area contributed by atoms with E-state index in [0.717, 1.165) is 22.4 Å². The molecule has 0 aliphatic carbocycles. The zero-order valence-corrected chi connectivity index (χ0v) is 11.3. The number of carbonyl (C=O) groups excluding carboxylic acids is 1. The van der Waals surface area contributed by atoms with Crippen molar-refractivity contribution in [1.82, 2.24) is 9.88 Å². The van der Waals surface area contributed by atoms with E-state index in [0.29, 0.717) is 19.5 Å². The Morgan fingerprint density at radius 1 is 1.25 bits per heavy atom. The van der Waals surface area contributed by atoms with Gasteiger partial charge in [-0.25, -0.2) is 0 Å². The first-order valence-electron chi connectivity index (χ1n) is 6.71. The van der Waals surface area contributed by atoms with Crippen LogP contribution in [0.3, 0.4) is 0 Å². The molecule has 2 aromatic rings. The van der Waals surface area contributed by atoms with Gasteiger partial charge in [-0.2, -0.15) is 0 Å². The maximum Gasteiger partial charge on any atom is 0.248 e. The molecule has 0 spiro atoms. The van der Waals surface area contributed by atoms with Gasteiger partial charge < -0.3 is 9.88 Å². The van der Waals surface area contributed by atoms with E-state index in [1.54, 1.807) is 13.0 Å². The molecule has 0 fully saturated rings. The van der Waals surface area contributed by atoms with Crippen molar-refractivity contribution in [3.63, 3.8) is 0 Å². The predicted molar refractivity (Wildman–Crippen MR) is 77.3 cm³/mol. The second-order valence-electron chi connectivity index (χ2n) is 5.06. The molecule has 1 aromatic carbocycles. The zero-order chi connectivity index (χ0) is 14.1. The van der Waals surface area contributed by atoms with E-state index in [1.807, 2.05) is 35.2 Å². The molecule has 1 N–H and O–H groups in total. The van der Waals surface area contributed by atoms with Crippen molar-refractivity contribution < 1.29 is 4.79 Å². The van der Waals surface area contributed by atoms with Gasteiger partial charge in [0.1, 0.15) is 0 Å². The van der Waals surface area contributed by atoms with E-state index in [2.05, 4.69) is 4.98 Å². The minimum absolute atomic E-state index is 0.0702. The van der Waals surface area contributed by atoms with Gasteiger partial charge >= 0.3 is 0 Å². The second-order valence-corrected chi connectivity index (χ2v) is 5.06. The Kier molecular flexibility index (Phi) is 3.14. The molecule has 4 heteroatoms. The monoisotopic (exact) mass is 268 g/mol. The first-order valence-corrected chi connectivity index (χ1v) is 6.71. The van der Waals surface area contributed by atoms with Crippen LogP contribution in [-0.4, -0.2) is 22.3 Å². The third-order valence-electron chi connectivity index (χ3n) is 3.75. The first kappa shape index (κ1) is 12.7. The van der Waals surface area contributed by atoms with Crippen molar-refractivity contribution in [2.24, 2.45) is 0 Å². The smallest absolute Gasteiger partial charge is 0.248 e. The number of nitrogens with zero attached hydrogens (tertiary/aromatic N) is 1. The summed E-state index contributed by atoms with van der Waals surface area (Å²) in [5.41, 5.74) is 3.86. The standard InChI is InChI=1S/C16H16N2O2/c1-11(19)18-8-7-15-14(10-18)13(9-16(20)17-15)12-5-3-2-4-6-12/h2-6,9H,7-8,10H2,1H3,(H,17,20). The lowest BCUT2D eigenvalue weighted by atomic mass is 9.95. The Hall–Kier alpha value is -2.36. The summed E-state index contributed by atoms with van der Waals surface area (Å²) in [4.78, 5) is 28.1. The van der Waals surface area contributed by atoms with Crippen LogP contribution >= 0.6 is 0 Å². The molecule has 1 amide bonds. The summed E-state index contributed by atoms with van der Waals surface area (Å²) in [6.45, 7) is 2.81. The summed E-state index contributed by atoms with van der Waals surface area (Å²) < 4.78 is 0. The van der Waals surface area contributed by atoms with Crippen LogP contribution in [0.4, 0.5) is 0 Å². The number of aromatic nitrogens is 1. The Bertz CT molecular complexity index is 704. The average Bonchev–Trinajstić information content (AvgIpc) is 2.46. The summed E-state index contributed by atoms with van der Waals surface area (Å²) in [7, 11) is 0. The van der Waals surface area contributed by atoms with Gasteiger partial charge in [0.2, 0.25) is 11.5 Å². The Labute approximate surface area is 117 Å². The normalized spacial score (nSPS) is 13.9. The molecule has 20 heavy (non-hydrogen) atoms. The van der Waals surface area contributed by atoms with Gasteiger partial charge in [-0.05, 0) is 16.7 Å².